The van der Waals surface area contributed by atoms with Gasteiger partial charge >= 0.3 is 89.0 Å². The Kier molecular flexibility index (Phi) is 10.4. The zero-order valence-corrected chi connectivity index (χ0v) is 23.1. The Morgan fingerprint density at radius 1 is 0.944 bits per heavy atom. The summed E-state index contributed by atoms with van der Waals surface area (Å²) in [7, 11) is 0. The van der Waals surface area contributed by atoms with Gasteiger partial charge in [-0.15, -0.1) is 0 Å². The Labute approximate surface area is 221 Å². The standard InChI is InChI=1S/C16H19N3O4.2C6H5.Sn/c1-9-15(22)13(11(7-20)3-18-9)5-17-6-14-12(8-21)4-19-10(2)16(14)23;2*1-2-4-6-5-3-1;/h3-5,17,20-21,23H,6-8H2,1-2H3;2*1-5H;/b13-5-;;;. The Balaban J connectivity index is 0.000000233. The van der Waals surface area contributed by atoms with Crippen molar-refractivity contribution in [3.63, 3.8) is 0 Å². The Morgan fingerprint density at radius 2 is 1.56 bits per heavy atom. The Bertz CT molecular complexity index is 1240. The van der Waals surface area contributed by atoms with E-state index in [4.69, 9.17) is 0 Å². The van der Waals surface area contributed by atoms with Crippen LogP contribution in [0.25, 0.3) is 0 Å². The molecule has 0 fully saturated rings. The molecular formula is C28H29N3O4Sn. The first kappa shape index (κ1) is 27.3. The second-order valence-electron chi connectivity index (χ2n) is 8.01. The molecule has 2 radical (unpaired) electrons. The van der Waals surface area contributed by atoms with Gasteiger partial charge in [0.05, 0.1) is 24.6 Å². The van der Waals surface area contributed by atoms with Crippen molar-refractivity contribution in [1.29, 1.82) is 0 Å². The van der Waals surface area contributed by atoms with Gasteiger partial charge in [-0.05, 0) is 13.8 Å². The van der Waals surface area contributed by atoms with Crippen LogP contribution in [-0.4, -0.2) is 59.5 Å². The third kappa shape index (κ3) is 7.36. The average Bonchev–Trinajstić information content (AvgIpc) is 2.90. The summed E-state index contributed by atoms with van der Waals surface area (Å²) in [6.07, 6.45) is 4.44. The third-order valence-electron chi connectivity index (χ3n) is 5.47. The van der Waals surface area contributed by atoms with Crippen LogP contribution < -0.4 is 12.5 Å². The van der Waals surface area contributed by atoms with Crippen LogP contribution in [0.15, 0.2) is 95.4 Å². The molecule has 7 nitrogen and oxygen atoms in total. The summed E-state index contributed by atoms with van der Waals surface area (Å²) in [5, 5.41) is 31.6. The number of nitrogens with zero attached hydrogens (tertiary/aromatic N) is 2. The van der Waals surface area contributed by atoms with Gasteiger partial charge in [-0.25, -0.2) is 0 Å². The number of carbonyl (C=O) groups is 1. The molecule has 0 saturated carbocycles. The summed E-state index contributed by atoms with van der Waals surface area (Å²) in [5.74, 6) is -0.255. The molecule has 0 spiro atoms. The molecule has 8 heteroatoms. The molecule has 2 aromatic carbocycles. The number of aromatic nitrogens is 1. The van der Waals surface area contributed by atoms with Crippen LogP contribution in [0.2, 0.25) is 0 Å². The number of nitrogens with one attached hydrogen (secondary N) is 1. The molecule has 1 aromatic heterocycles. The molecule has 0 unspecified atom stereocenters. The van der Waals surface area contributed by atoms with E-state index >= 15 is 0 Å². The maximum atomic E-state index is 12.1. The summed E-state index contributed by atoms with van der Waals surface area (Å²) in [4.78, 5) is 20.0. The molecule has 0 aliphatic carbocycles. The average molecular weight is 590 g/mol. The SMILES string of the molecule is CC1=NC=C(CO)/C(=C/NCc2c(CO)cnc(C)c2O)C1=O.c1cc[c]([Sn][c]2ccccc2)cc1. The van der Waals surface area contributed by atoms with Gasteiger partial charge in [-0.3, -0.25) is 14.8 Å². The topological polar surface area (TPSA) is 115 Å². The number of ketones is 1. The fourth-order valence-electron chi connectivity index (χ4n) is 3.41. The first-order valence-corrected chi connectivity index (χ1v) is 14.3. The van der Waals surface area contributed by atoms with Crippen molar-refractivity contribution in [3.8, 4) is 5.75 Å². The molecule has 0 amide bonds. The number of carbonyl (C=O) groups excluding carboxylic acids is 1. The number of pyridine rings is 1. The second-order valence-corrected chi connectivity index (χ2v) is 12.0. The van der Waals surface area contributed by atoms with Crippen molar-refractivity contribution in [1.82, 2.24) is 10.3 Å². The summed E-state index contributed by atoms with van der Waals surface area (Å²) in [6, 6.07) is 21.6. The van der Waals surface area contributed by atoms with E-state index in [-0.39, 0.29) is 31.3 Å². The number of aromatic hydroxyl groups is 1. The van der Waals surface area contributed by atoms with Gasteiger partial charge in [-0.1, -0.05) is 0 Å². The number of rotatable bonds is 7. The predicted octanol–water partition coefficient (Wildman–Crippen LogP) is 1.82. The van der Waals surface area contributed by atoms with Gasteiger partial charge in [0.2, 0.25) is 5.78 Å². The van der Waals surface area contributed by atoms with Crippen LogP contribution in [0, 0.1) is 6.92 Å². The molecular weight excluding hydrogens is 561 g/mol. The molecule has 0 bridgehead atoms. The van der Waals surface area contributed by atoms with Crippen molar-refractivity contribution in [3.05, 3.63) is 107 Å². The van der Waals surface area contributed by atoms with E-state index in [0.717, 1.165) is 0 Å². The maximum absolute atomic E-state index is 12.1. The molecule has 1 aliphatic heterocycles. The van der Waals surface area contributed by atoms with E-state index in [1.54, 1.807) is 13.8 Å². The zero-order valence-electron chi connectivity index (χ0n) is 20.3. The van der Waals surface area contributed by atoms with E-state index in [2.05, 4.69) is 76.0 Å². The van der Waals surface area contributed by atoms with Crippen LogP contribution >= 0.6 is 0 Å². The van der Waals surface area contributed by atoms with Gasteiger partial charge < -0.3 is 20.6 Å². The summed E-state index contributed by atoms with van der Waals surface area (Å²) < 4.78 is 3.08. The van der Waals surface area contributed by atoms with Gasteiger partial charge in [0.15, 0.2) is 0 Å². The van der Waals surface area contributed by atoms with Crippen LogP contribution in [0.3, 0.4) is 0 Å². The van der Waals surface area contributed by atoms with Crippen molar-refractivity contribution in [2.75, 3.05) is 6.61 Å². The molecule has 4 N–H and O–H groups in total. The summed E-state index contributed by atoms with van der Waals surface area (Å²) in [6.45, 7) is 2.92. The van der Waals surface area contributed by atoms with Crippen molar-refractivity contribution in [2.45, 2.75) is 27.0 Å². The summed E-state index contributed by atoms with van der Waals surface area (Å²) >= 11 is -0.517. The third-order valence-corrected chi connectivity index (χ3v) is 9.02. The van der Waals surface area contributed by atoms with Gasteiger partial charge in [0, 0.05) is 47.4 Å². The van der Waals surface area contributed by atoms with E-state index < -0.39 is 21.1 Å². The zero-order chi connectivity index (χ0) is 25.9. The van der Waals surface area contributed by atoms with Crippen LogP contribution in [0.4, 0.5) is 0 Å². The Morgan fingerprint density at radius 3 is 2.11 bits per heavy atom. The van der Waals surface area contributed by atoms with Gasteiger partial charge in [0.1, 0.15) is 5.75 Å². The van der Waals surface area contributed by atoms with Crippen LogP contribution in [0.5, 0.6) is 5.75 Å². The van der Waals surface area contributed by atoms with Crippen LogP contribution in [0.1, 0.15) is 23.7 Å². The molecule has 0 saturated heterocycles. The van der Waals surface area contributed by atoms with Gasteiger partial charge in [0.25, 0.3) is 0 Å². The number of hydrogen-bond donors (Lipinski definition) is 4. The monoisotopic (exact) mass is 591 g/mol. The molecule has 0 atom stereocenters. The fraction of sp³-hybridized carbons (Fsp3) is 0.179. The second kappa shape index (κ2) is 13.7. The van der Waals surface area contributed by atoms with Crippen molar-refractivity contribution < 1.29 is 20.1 Å². The number of aryl methyl sites for hydroxylation is 1. The quantitative estimate of drug-likeness (QED) is 0.247. The van der Waals surface area contributed by atoms with Crippen LogP contribution in [-0.2, 0) is 17.9 Å². The predicted molar refractivity (Wildman–Crippen MR) is 143 cm³/mol. The molecule has 184 valence electrons. The summed E-state index contributed by atoms with van der Waals surface area (Å²) in [5.41, 5.74) is 2.57. The van der Waals surface area contributed by atoms with Crippen molar-refractivity contribution >= 4 is 39.8 Å². The molecule has 1 aliphatic rings. The number of aliphatic hydroxyl groups is 2. The molecule has 3 aromatic rings. The normalized spacial score (nSPS) is 14.0. The van der Waals surface area contributed by atoms with Gasteiger partial charge in [-0.2, -0.15) is 0 Å². The number of Topliss-reactive ketones (excluding diaryl/α,β-unsaturated/α-hetero) is 1. The van der Waals surface area contributed by atoms with Crippen molar-refractivity contribution in [2.24, 2.45) is 4.99 Å². The fourth-order valence-corrected chi connectivity index (χ4v) is 6.41. The molecule has 36 heavy (non-hydrogen) atoms. The van der Waals surface area contributed by atoms with E-state index in [1.165, 1.54) is 25.8 Å². The first-order valence-electron chi connectivity index (χ1n) is 11.4. The van der Waals surface area contributed by atoms with E-state index in [0.29, 0.717) is 33.7 Å². The molecule has 2 heterocycles. The number of aliphatic imine (C=N–C) groups is 1. The number of benzene rings is 2. The molecule has 4 rings (SSSR count). The first-order chi connectivity index (χ1) is 17.4. The number of hydrogen-bond acceptors (Lipinski definition) is 7. The van der Waals surface area contributed by atoms with E-state index in [1.807, 2.05) is 0 Å². The Hall–Kier alpha value is -3.27. The minimum atomic E-state index is -0.517. The minimum absolute atomic E-state index is 0.00749. The van der Waals surface area contributed by atoms with E-state index in [9.17, 15) is 20.1 Å². The number of aliphatic hydroxyl groups excluding tert-OH is 2.